The molecule has 0 atom stereocenters. The van der Waals surface area contributed by atoms with E-state index in [-0.39, 0.29) is 56.1 Å². The number of fused-ring (bicyclic) bond motifs is 1. The number of alkyl halides is 2. The van der Waals surface area contributed by atoms with Gasteiger partial charge in [-0.2, -0.15) is 0 Å². The van der Waals surface area contributed by atoms with Gasteiger partial charge in [-0.25, -0.2) is 18.7 Å². The summed E-state index contributed by atoms with van der Waals surface area (Å²) < 4.78 is 32.1. The molecule has 0 bridgehead atoms. The average molecular weight is 520 g/mol. The molecule has 0 unspecified atom stereocenters. The van der Waals surface area contributed by atoms with Gasteiger partial charge in [0, 0.05) is 55.8 Å². The molecule has 1 saturated carbocycles. The molecule has 11 heteroatoms. The maximum Gasteiger partial charge on any atom is 0.254 e. The average Bonchev–Trinajstić information content (AvgIpc) is 3.16. The Morgan fingerprint density at radius 2 is 1.92 bits per heavy atom. The van der Waals surface area contributed by atoms with Gasteiger partial charge in [-0.3, -0.25) is 9.59 Å². The molecule has 1 saturated heterocycles. The zero-order chi connectivity index (χ0) is 25.3. The zero-order valence-electron chi connectivity index (χ0n) is 19.7. The number of aromatic nitrogens is 2. The lowest BCUT2D eigenvalue weighted by Gasteiger charge is -2.29. The van der Waals surface area contributed by atoms with Crippen LogP contribution in [0, 0.1) is 0 Å². The first-order chi connectivity index (χ1) is 17.3. The minimum absolute atomic E-state index is 0.122. The normalized spacial score (nSPS) is 20.3. The summed E-state index contributed by atoms with van der Waals surface area (Å²) in [7, 11) is 0. The van der Waals surface area contributed by atoms with Gasteiger partial charge in [0.2, 0.25) is 17.8 Å². The Balaban J connectivity index is 1.25. The highest BCUT2D eigenvalue weighted by molar-refractivity contribution is 6.33. The molecule has 1 aromatic carbocycles. The van der Waals surface area contributed by atoms with E-state index in [1.807, 2.05) is 12.1 Å². The quantitative estimate of drug-likeness (QED) is 0.598. The van der Waals surface area contributed by atoms with Gasteiger partial charge in [0.05, 0.1) is 16.9 Å². The predicted molar refractivity (Wildman–Crippen MR) is 130 cm³/mol. The molecule has 2 aliphatic heterocycles. The lowest BCUT2D eigenvalue weighted by atomic mass is 9.92. The van der Waals surface area contributed by atoms with Crippen molar-refractivity contribution in [1.29, 1.82) is 0 Å². The maximum atomic E-state index is 13.4. The molecule has 5 rings (SSSR count). The van der Waals surface area contributed by atoms with Crippen molar-refractivity contribution in [3.8, 4) is 11.3 Å². The number of ether oxygens (including phenoxy) is 1. The molecule has 8 nitrogen and oxygen atoms in total. The van der Waals surface area contributed by atoms with Crippen molar-refractivity contribution >= 4 is 29.4 Å². The van der Waals surface area contributed by atoms with Crippen LogP contribution in [0.5, 0.6) is 0 Å². The molecule has 2 amide bonds. The fourth-order valence-corrected chi connectivity index (χ4v) is 5.13. The van der Waals surface area contributed by atoms with Gasteiger partial charge in [-0.1, -0.05) is 23.7 Å². The molecule has 2 aromatic rings. The second-order valence-electron chi connectivity index (χ2n) is 9.65. The fraction of sp³-hybridized carbons (Fsp3) is 0.520. The molecule has 0 spiro atoms. The summed E-state index contributed by atoms with van der Waals surface area (Å²) in [4.78, 5) is 35.9. The van der Waals surface area contributed by atoms with Gasteiger partial charge in [0.1, 0.15) is 6.54 Å². The number of hydrogen-bond acceptors (Lipinski definition) is 6. The molecule has 1 aromatic heterocycles. The van der Waals surface area contributed by atoms with Gasteiger partial charge >= 0.3 is 0 Å². The molecule has 0 radical (unpaired) electrons. The number of nitrogens with zero attached hydrogens (tertiary/aromatic N) is 3. The molecule has 2 N–H and O–H groups in total. The molecule has 3 aliphatic rings. The van der Waals surface area contributed by atoms with Crippen molar-refractivity contribution in [1.82, 2.24) is 20.2 Å². The van der Waals surface area contributed by atoms with E-state index in [4.69, 9.17) is 16.3 Å². The molecular weight excluding hydrogens is 492 g/mol. The number of benzene rings is 1. The third-order valence-corrected chi connectivity index (χ3v) is 7.25. The highest BCUT2D eigenvalue weighted by atomic mass is 35.5. The summed E-state index contributed by atoms with van der Waals surface area (Å²) in [6.07, 6.45) is 3.29. The van der Waals surface area contributed by atoms with E-state index in [9.17, 15) is 18.4 Å². The highest BCUT2D eigenvalue weighted by Gasteiger charge is 2.36. The van der Waals surface area contributed by atoms with Crippen LogP contribution < -0.4 is 10.6 Å². The molecular formula is C25H28ClF2N5O3. The summed E-state index contributed by atoms with van der Waals surface area (Å²) >= 11 is 6.40. The van der Waals surface area contributed by atoms with Gasteiger partial charge in [0.25, 0.3) is 5.91 Å². The summed E-state index contributed by atoms with van der Waals surface area (Å²) in [5, 5.41) is 6.49. The summed E-state index contributed by atoms with van der Waals surface area (Å²) in [6, 6.07) is 5.37. The molecule has 36 heavy (non-hydrogen) atoms. The highest BCUT2D eigenvalue weighted by Crippen LogP contribution is 2.34. The van der Waals surface area contributed by atoms with Gasteiger partial charge in [0.15, 0.2) is 0 Å². The van der Waals surface area contributed by atoms with Crippen LogP contribution in [-0.4, -0.2) is 64.4 Å². The minimum Gasteiger partial charge on any atom is -0.381 e. The second kappa shape index (κ2) is 10.3. The largest absolute Gasteiger partial charge is 0.381 e. The number of rotatable bonds is 6. The number of nitrogens with one attached hydrogen (secondary N) is 2. The van der Waals surface area contributed by atoms with E-state index in [1.54, 1.807) is 12.3 Å². The van der Waals surface area contributed by atoms with Crippen LogP contribution in [0.25, 0.3) is 11.3 Å². The lowest BCUT2D eigenvalue weighted by molar-refractivity contribution is -0.123. The Bertz CT molecular complexity index is 1150. The van der Waals surface area contributed by atoms with Gasteiger partial charge in [-0.05, 0) is 37.3 Å². The number of amides is 2. The first kappa shape index (κ1) is 24.8. The molecule has 2 fully saturated rings. The van der Waals surface area contributed by atoms with Crippen LogP contribution in [0.1, 0.15) is 54.4 Å². The number of hydrogen-bond donors (Lipinski definition) is 2. The van der Waals surface area contributed by atoms with E-state index in [0.717, 1.165) is 18.4 Å². The Morgan fingerprint density at radius 3 is 2.67 bits per heavy atom. The van der Waals surface area contributed by atoms with Gasteiger partial charge < -0.3 is 20.3 Å². The number of anilines is 1. The van der Waals surface area contributed by atoms with Crippen molar-refractivity contribution in [3.63, 3.8) is 0 Å². The first-order valence-electron chi connectivity index (χ1n) is 12.2. The van der Waals surface area contributed by atoms with Crippen molar-refractivity contribution < 1.29 is 23.1 Å². The number of halogens is 3. The second-order valence-corrected chi connectivity index (χ2v) is 10.1. The predicted octanol–water partition coefficient (Wildman–Crippen LogP) is 4.04. The minimum atomic E-state index is -2.65. The zero-order valence-corrected chi connectivity index (χ0v) is 20.5. The van der Waals surface area contributed by atoms with E-state index in [0.29, 0.717) is 47.6 Å². The van der Waals surface area contributed by atoms with Crippen molar-refractivity contribution in [3.05, 3.63) is 40.5 Å². The smallest absolute Gasteiger partial charge is 0.254 e. The Labute approximate surface area is 212 Å². The Morgan fingerprint density at radius 1 is 1.17 bits per heavy atom. The summed E-state index contributed by atoms with van der Waals surface area (Å²) in [5.41, 5.74) is 2.49. The van der Waals surface area contributed by atoms with E-state index in [1.165, 1.54) is 4.90 Å². The lowest BCUT2D eigenvalue weighted by Crippen LogP contribution is -2.44. The van der Waals surface area contributed by atoms with E-state index >= 15 is 0 Å². The van der Waals surface area contributed by atoms with Crippen molar-refractivity contribution in [2.45, 2.75) is 63.1 Å². The van der Waals surface area contributed by atoms with Crippen LogP contribution in [0.15, 0.2) is 24.4 Å². The number of carbonyl (C=O) groups is 2. The van der Waals surface area contributed by atoms with E-state index < -0.39 is 5.92 Å². The fourth-order valence-electron chi connectivity index (χ4n) is 4.93. The summed E-state index contributed by atoms with van der Waals surface area (Å²) in [5.74, 6) is -2.79. The summed E-state index contributed by atoms with van der Waals surface area (Å²) in [6.45, 7) is 1.56. The van der Waals surface area contributed by atoms with Gasteiger partial charge in [-0.15, -0.1) is 0 Å². The standard InChI is InChI=1S/C25H28ClF2N5O3/c26-20-12-29-24(31-18-5-9-36-10-6-18)32-22(20)15-1-2-16-13-33(23(35)19(16)11-15)14-21(34)30-17-3-7-25(27,28)8-4-17/h1-2,11-12,17-18H,3-10,13-14H2,(H,30,34)(H,29,31,32). The monoisotopic (exact) mass is 519 g/mol. The Kier molecular flexibility index (Phi) is 7.07. The molecule has 1 aliphatic carbocycles. The molecule has 3 heterocycles. The van der Waals surface area contributed by atoms with Crippen molar-refractivity contribution in [2.24, 2.45) is 0 Å². The van der Waals surface area contributed by atoms with Crippen molar-refractivity contribution in [2.75, 3.05) is 25.1 Å². The van der Waals surface area contributed by atoms with E-state index in [2.05, 4.69) is 20.6 Å². The van der Waals surface area contributed by atoms with Crippen LogP contribution in [0.3, 0.4) is 0 Å². The Hall–Kier alpha value is -2.85. The number of carbonyl (C=O) groups excluding carboxylic acids is 2. The molecule has 192 valence electrons. The van der Waals surface area contributed by atoms with Crippen LogP contribution in [0.2, 0.25) is 5.02 Å². The SMILES string of the molecule is O=C(CN1Cc2ccc(-c3nc(NC4CCOCC4)ncc3Cl)cc2C1=O)NC1CCC(F)(F)CC1. The topological polar surface area (TPSA) is 96.5 Å². The third-order valence-electron chi connectivity index (χ3n) is 6.98. The van der Waals surface area contributed by atoms with Crippen LogP contribution in [-0.2, 0) is 16.1 Å². The van der Waals surface area contributed by atoms with Crippen LogP contribution in [0.4, 0.5) is 14.7 Å². The first-order valence-corrected chi connectivity index (χ1v) is 12.6. The van der Waals surface area contributed by atoms with Crippen LogP contribution >= 0.6 is 11.6 Å². The third kappa shape index (κ3) is 5.59. The maximum absolute atomic E-state index is 13.4.